The Morgan fingerprint density at radius 1 is 1.14 bits per heavy atom. The first-order valence-electron chi connectivity index (χ1n) is 8.69. The van der Waals surface area contributed by atoms with Crippen LogP contribution in [0, 0.1) is 11.3 Å². The van der Waals surface area contributed by atoms with E-state index in [0.717, 1.165) is 0 Å². The fourth-order valence-electron chi connectivity index (χ4n) is 2.63. The minimum Gasteiger partial charge on any atom is -0.505 e. The molecule has 1 heterocycles. The molecule has 1 atom stereocenters. The molecular weight excluding hydrogens is 364 g/mol. The lowest BCUT2D eigenvalue weighted by Crippen LogP contribution is -2.17. The number of aromatic nitrogens is 1. The second-order valence-corrected chi connectivity index (χ2v) is 5.85. The lowest BCUT2D eigenvalue weighted by atomic mass is 10.0. The van der Waals surface area contributed by atoms with E-state index in [1.165, 1.54) is 31.2 Å². The van der Waals surface area contributed by atoms with Gasteiger partial charge in [-0.15, -0.1) is 0 Å². The van der Waals surface area contributed by atoms with E-state index in [4.69, 9.17) is 14.7 Å². The Morgan fingerprint density at radius 2 is 1.75 bits per heavy atom. The maximum absolute atomic E-state index is 12.8. The van der Waals surface area contributed by atoms with E-state index in [-0.39, 0.29) is 35.7 Å². The highest BCUT2D eigenvalue weighted by atomic mass is 16.5. The molecular formula is C20H20N2O6. The second-order valence-electron chi connectivity index (χ2n) is 5.85. The van der Waals surface area contributed by atoms with Gasteiger partial charge in [-0.3, -0.25) is 9.59 Å². The summed E-state index contributed by atoms with van der Waals surface area (Å²) in [6.45, 7) is 4.92. The minimum atomic E-state index is -0.937. The number of aromatic hydroxyl groups is 1. The number of benzene rings is 1. The van der Waals surface area contributed by atoms with Crippen molar-refractivity contribution in [2.75, 3.05) is 13.2 Å². The molecule has 0 bridgehead atoms. The largest absolute Gasteiger partial charge is 0.505 e. The van der Waals surface area contributed by atoms with E-state index >= 15 is 0 Å². The maximum Gasteiger partial charge on any atom is 0.343 e. The number of nitrogens with zero attached hydrogens (tertiary/aromatic N) is 1. The Balaban J connectivity index is 2.54. The van der Waals surface area contributed by atoms with E-state index in [9.17, 15) is 19.5 Å². The summed E-state index contributed by atoms with van der Waals surface area (Å²) in [6.07, 6.45) is 0. The third-order valence-electron chi connectivity index (χ3n) is 4.06. The number of nitriles is 1. The number of esters is 2. The Bertz CT molecular complexity index is 937. The van der Waals surface area contributed by atoms with Gasteiger partial charge in [0.2, 0.25) is 5.78 Å². The number of ether oxygens (including phenoxy) is 2. The van der Waals surface area contributed by atoms with Crippen LogP contribution in [0.4, 0.5) is 0 Å². The van der Waals surface area contributed by atoms with Gasteiger partial charge in [-0.2, -0.15) is 5.26 Å². The van der Waals surface area contributed by atoms with Crippen molar-refractivity contribution in [2.45, 2.75) is 26.7 Å². The number of rotatable bonds is 7. The van der Waals surface area contributed by atoms with Gasteiger partial charge in [0.25, 0.3) is 0 Å². The highest BCUT2D eigenvalue weighted by Crippen LogP contribution is 2.33. The average molecular weight is 384 g/mol. The summed E-state index contributed by atoms with van der Waals surface area (Å²) in [5, 5.41) is 19.4. The number of ketones is 1. The van der Waals surface area contributed by atoms with Gasteiger partial charge in [0.1, 0.15) is 11.3 Å². The summed E-state index contributed by atoms with van der Waals surface area (Å²) in [7, 11) is 0. The third kappa shape index (κ3) is 4.04. The van der Waals surface area contributed by atoms with Crippen LogP contribution in [0.3, 0.4) is 0 Å². The highest BCUT2D eigenvalue weighted by molar-refractivity contribution is 6.12. The van der Waals surface area contributed by atoms with Gasteiger partial charge in [-0.1, -0.05) is 0 Å². The van der Waals surface area contributed by atoms with Crippen molar-refractivity contribution in [3.05, 3.63) is 52.3 Å². The molecule has 1 unspecified atom stereocenters. The molecule has 146 valence electrons. The molecule has 28 heavy (non-hydrogen) atoms. The first kappa shape index (κ1) is 20.7. The van der Waals surface area contributed by atoms with Crippen molar-refractivity contribution in [1.29, 1.82) is 5.26 Å². The van der Waals surface area contributed by atoms with Gasteiger partial charge in [-0.05, 0) is 45.0 Å². The van der Waals surface area contributed by atoms with E-state index in [0.29, 0.717) is 5.56 Å². The molecule has 2 N–H and O–H groups in total. The number of H-pyrrole nitrogens is 1. The van der Waals surface area contributed by atoms with Crippen LogP contribution < -0.4 is 0 Å². The molecule has 0 aliphatic rings. The van der Waals surface area contributed by atoms with Gasteiger partial charge < -0.3 is 19.6 Å². The van der Waals surface area contributed by atoms with Crippen LogP contribution in [-0.4, -0.2) is 41.0 Å². The number of aromatic amines is 1. The Kier molecular flexibility index (Phi) is 6.55. The zero-order chi connectivity index (χ0) is 20.8. The topological polar surface area (TPSA) is 129 Å². The van der Waals surface area contributed by atoms with Crippen LogP contribution in [0.1, 0.15) is 64.4 Å². The number of hydrogen-bond acceptors (Lipinski definition) is 7. The van der Waals surface area contributed by atoms with Crippen molar-refractivity contribution in [2.24, 2.45) is 0 Å². The van der Waals surface area contributed by atoms with Crippen LogP contribution >= 0.6 is 0 Å². The van der Waals surface area contributed by atoms with Crippen LogP contribution in [0.25, 0.3) is 0 Å². The van der Waals surface area contributed by atoms with Crippen LogP contribution in [0.15, 0.2) is 24.3 Å². The van der Waals surface area contributed by atoms with Crippen molar-refractivity contribution >= 4 is 17.7 Å². The molecule has 0 saturated carbocycles. The second kappa shape index (κ2) is 8.86. The van der Waals surface area contributed by atoms with E-state index in [1.54, 1.807) is 13.8 Å². The molecule has 0 fully saturated rings. The average Bonchev–Trinajstić information content (AvgIpc) is 3.04. The number of carbonyl (C=O) groups excluding carboxylic acids is 3. The summed E-state index contributed by atoms with van der Waals surface area (Å²) < 4.78 is 9.91. The summed E-state index contributed by atoms with van der Waals surface area (Å²) in [5.74, 6) is -3.62. The van der Waals surface area contributed by atoms with E-state index < -0.39 is 29.4 Å². The summed E-state index contributed by atoms with van der Waals surface area (Å²) in [6, 6.07) is 7.73. The monoisotopic (exact) mass is 384 g/mol. The summed E-state index contributed by atoms with van der Waals surface area (Å²) in [5.41, 5.74) is 0.0714. The van der Waals surface area contributed by atoms with E-state index in [1.807, 2.05) is 6.07 Å². The molecule has 8 heteroatoms. The molecule has 0 radical (unpaired) electrons. The molecule has 0 aliphatic heterocycles. The molecule has 0 aliphatic carbocycles. The van der Waals surface area contributed by atoms with Gasteiger partial charge in [0, 0.05) is 11.3 Å². The summed E-state index contributed by atoms with van der Waals surface area (Å²) >= 11 is 0. The third-order valence-corrected chi connectivity index (χ3v) is 4.06. The highest BCUT2D eigenvalue weighted by Gasteiger charge is 2.33. The molecule has 2 aromatic rings. The lowest BCUT2D eigenvalue weighted by Gasteiger charge is -2.11. The number of nitrogens with one attached hydrogen (secondary N) is 1. The van der Waals surface area contributed by atoms with Crippen LogP contribution in [0.2, 0.25) is 0 Å². The molecule has 0 spiro atoms. The first-order chi connectivity index (χ1) is 13.3. The van der Waals surface area contributed by atoms with Gasteiger partial charge >= 0.3 is 11.9 Å². The fourth-order valence-corrected chi connectivity index (χ4v) is 2.63. The molecule has 0 saturated heterocycles. The minimum absolute atomic E-state index is 0.0337. The number of hydrogen-bond donors (Lipinski definition) is 2. The Hall–Kier alpha value is -3.60. The zero-order valence-corrected chi connectivity index (χ0v) is 15.7. The molecule has 2 rings (SSSR count). The number of carbonyl (C=O) groups is 3. The van der Waals surface area contributed by atoms with Gasteiger partial charge in [-0.25, -0.2) is 4.79 Å². The Labute approximate surface area is 161 Å². The molecule has 8 nitrogen and oxygen atoms in total. The maximum atomic E-state index is 12.8. The van der Waals surface area contributed by atoms with E-state index in [2.05, 4.69) is 4.98 Å². The first-order valence-corrected chi connectivity index (χ1v) is 8.69. The zero-order valence-electron chi connectivity index (χ0n) is 15.7. The van der Waals surface area contributed by atoms with Crippen molar-refractivity contribution in [1.82, 2.24) is 4.98 Å². The normalized spacial score (nSPS) is 11.4. The van der Waals surface area contributed by atoms with Crippen LogP contribution in [-0.2, 0) is 14.3 Å². The molecule has 1 aromatic heterocycles. The standard InChI is InChI=1S/C20H20N2O6/c1-4-27-19(25)11(3)15-14(20(26)28-5-2)18(24)16(22-15)17(23)13-8-6-12(10-21)7-9-13/h6-9,11,22,24H,4-5H2,1-3H3. The SMILES string of the molecule is CCOC(=O)c1c(C(C)C(=O)OCC)[nH]c(C(=O)c2ccc(C#N)cc2)c1O. The van der Waals surface area contributed by atoms with Crippen LogP contribution in [0.5, 0.6) is 5.75 Å². The Morgan fingerprint density at radius 3 is 2.29 bits per heavy atom. The molecule has 0 amide bonds. The smallest absolute Gasteiger partial charge is 0.343 e. The summed E-state index contributed by atoms with van der Waals surface area (Å²) in [4.78, 5) is 39.9. The van der Waals surface area contributed by atoms with Gasteiger partial charge in [0.15, 0.2) is 5.75 Å². The predicted molar refractivity (Wildman–Crippen MR) is 98.1 cm³/mol. The van der Waals surface area contributed by atoms with Crippen molar-refractivity contribution in [3.8, 4) is 11.8 Å². The quantitative estimate of drug-likeness (QED) is 0.554. The van der Waals surface area contributed by atoms with Crippen molar-refractivity contribution < 1.29 is 29.0 Å². The fraction of sp³-hybridized carbons (Fsp3) is 0.300. The predicted octanol–water partition coefficient (Wildman–Crippen LogP) is 2.67. The lowest BCUT2D eigenvalue weighted by molar-refractivity contribution is -0.144. The van der Waals surface area contributed by atoms with Crippen molar-refractivity contribution in [3.63, 3.8) is 0 Å². The van der Waals surface area contributed by atoms with Gasteiger partial charge in [0.05, 0.1) is 30.8 Å². The molecule has 1 aromatic carbocycles.